The lowest BCUT2D eigenvalue weighted by atomic mass is 10.1. The van der Waals surface area contributed by atoms with E-state index in [2.05, 4.69) is 10.1 Å². The largest absolute Gasteiger partial charge is 0.493 e. The van der Waals surface area contributed by atoms with Gasteiger partial charge in [0, 0.05) is 36.0 Å². The number of hydrogen-bond acceptors (Lipinski definition) is 11. The second-order valence-electron chi connectivity index (χ2n) is 11.3. The molecule has 0 spiro atoms. The molecule has 6 rings (SSSR count). The zero-order chi connectivity index (χ0) is 33.6. The summed E-state index contributed by atoms with van der Waals surface area (Å²) >= 11 is 0. The molecule has 1 saturated heterocycles. The number of ether oxygens (including phenoxy) is 7. The van der Waals surface area contributed by atoms with Gasteiger partial charge < -0.3 is 42.6 Å². The summed E-state index contributed by atoms with van der Waals surface area (Å²) in [6, 6.07) is 14.6. The summed E-state index contributed by atoms with van der Waals surface area (Å²) in [5.74, 6) is 4.29. The summed E-state index contributed by atoms with van der Waals surface area (Å²) in [4.78, 5) is 19.6. The quantitative estimate of drug-likeness (QED) is 0.137. The Labute approximate surface area is 279 Å². The highest BCUT2D eigenvalue weighted by Crippen LogP contribution is 2.42. The zero-order valence-electron chi connectivity index (χ0n) is 27.7. The Morgan fingerprint density at radius 2 is 1.42 bits per heavy atom. The van der Waals surface area contributed by atoms with E-state index in [4.69, 9.17) is 37.7 Å². The number of aromatic nitrogens is 1. The number of carbonyl (C=O) groups excluding carboxylic acids is 1. The second-order valence-corrected chi connectivity index (χ2v) is 11.3. The molecule has 4 aromatic rings. The summed E-state index contributed by atoms with van der Waals surface area (Å²) in [5, 5.41) is 4.29. The van der Waals surface area contributed by atoms with Crippen molar-refractivity contribution in [2.75, 3.05) is 55.3 Å². The van der Waals surface area contributed by atoms with Crippen LogP contribution in [0.25, 0.3) is 22.6 Å². The van der Waals surface area contributed by atoms with Gasteiger partial charge in [-0.15, -0.1) is 0 Å². The maximum Gasteiger partial charge on any atom is 0.256 e. The van der Waals surface area contributed by atoms with Gasteiger partial charge in [0.25, 0.3) is 5.91 Å². The average molecular weight is 658 g/mol. The van der Waals surface area contributed by atoms with Crippen molar-refractivity contribution in [1.29, 1.82) is 0 Å². The molecule has 1 fully saturated rings. The summed E-state index contributed by atoms with van der Waals surface area (Å²) in [7, 11) is 7.85. The maximum atomic E-state index is 13.1. The fourth-order valence-electron chi connectivity index (χ4n) is 5.91. The van der Waals surface area contributed by atoms with Crippen LogP contribution in [-0.2, 0) is 0 Å². The van der Waals surface area contributed by atoms with Crippen LogP contribution in [0, 0.1) is 0 Å². The van der Waals surface area contributed by atoms with E-state index in [1.165, 1.54) is 0 Å². The van der Waals surface area contributed by atoms with Crippen LogP contribution in [0.15, 0.2) is 58.0 Å². The minimum absolute atomic E-state index is 0.0194. The molecule has 1 aromatic heterocycles. The number of fused-ring (bicyclic) bond motifs is 2. The molecule has 12 heteroatoms. The van der Waals surface area contributed by atoms with Crippen LogP contribution in [0.2, 0.25) is 0 Å². The van der Waals surface area contributed by atoms with Crippen LogP contribution < -0.4 is 33.2 Å². The highest BCUT2D eigenvalue weighted by Gasteiger charge is 2.32. The van der Waals surface area contributed by atoms with E-state index < -0.39 is 0 Å². The van der Waals surface area contributed by atoms with Gasteiger partial charge in [-0.05, 0) is 62.1 Å². The first-order valence-electron chi connectivity index (χ1n) is 15.8. The molecule has 12 nitrogen and oxygen atoms in total. The Kier molecular flexibility index (Phi) is 9.88. The van der Waals surface area contributed by atoms with Gasteiger partial charge in [-0.25, -0.2) is 0 Å². The van der Waals surface area contributed by atoms with Gasteiger partial charge in [0.2, 0.25) is 5.75 Å². The highest BCUT2D eigenvalue weighted by molar-refractivity contribution is 6.03. The maximum absolute atomic E-state index is 13.1. The van der Waals surface area contributed by atoms with Crippen molar-refractivity contribution < 1.29 is 42.5 Å². The van der Waals surface area contributed by atoms with E-state index in [-0.39, 0.29) is 11.9 Å². The summed E-state index contributed by atoms with van der Waals surface area (Å²) in [5.41, 5.74) is 3.28. The molecule has 2 aliphatic heterocycles. The first-order chi connectivity index (χ1) is 23.5. The van der Waals surface area contributed by atoms with E-state index >= 15 is 0 Å². The van der Waals surface area contributed by atoms with Crippen molar-refractivity contribution in [3.63, 3.8) is 0 Å². The zero-order valence-corrected chi connectivity index (χ0v) is 27.7. The average Bonchev–Trinajstić information content (AvgIpc) is 3.79. The monoisotopic (exact) mass is 657 g/mol. The molecular weight excluding hydrogens is 618 g/mol. The molecule has 0 N–H and O–H groups in total. The highest BCUT2D eigenvalue weighted by atomic mass is 16.5. The van der Waals surface area contributed by atoms with Gasteiger partial charge >= 0.3 is 0 Å². The molecule has 252 valence electrons. The molecule has 48 heavy (non-hydrogen) atoms. The van der Waals surface area contributed by atoms with Crippen LogP contribution in [0.3, 0.4) is 0 Å². The molecule has 0 saturated carbocycles. The van der Waals surface area contributed by atoms with Crippen molar-refractivity contribution >= 4 is 17.8 Å². The lowest BCUT2D eigenvalue weighted by Gasteiger charge is -2.20. The Morgan fingerprint density at radius 3 is 2.08 bits per heavy atom. The van der Waals surface area contributed by atoms with Crippen LogP contribution in [0.5, 0.6) is 40.2 Å². The van der Waals surface area contributed by atoms with Gasteiger partial charge in [-0.3, -0.25) is 9.79 Å². The molecule has 1 atom stereocenters. The van der Waals surface area contributed by atoms with E-state index in [0.717, 1.165) is 43.4 Å². The van der Waals surface area contributed by atoms with Gasteiger partial charge in [-0.2, -0.15) is 0 Å². The Hall–Kier alpha value is -5.39. The molecule has 3 heterocycles. The third-order valence-electron chi connectivity index (χ3n) is 8.43. The smallest absolute Gasteiger partial charge is 0.256 e. The number of amides is 1. The van der Waals surface area contributed by atoms with Gasteiger partial charge in [-0.1, -0.05) is 5.16 Å². The minimum Gasteiger partial charge on any atom is -0.493 e. The van der Waals surface area contributed by atoms with Crippen molar-refractivity contribution in [2.45, 2.75) is 31.7 Å². The number of aliphatic imine (C=N–C) groups is 1. The summed E-state index contributed by atoms with van der Waals surface area (Å²) in [6.45, 7) is 1.62. The Balaban J connectivity index is 1.07. The topological polar surface area (TPSA) is 123 Å². The van der Waals surface area contributed by atoms with Crippen LogP contribution in [0.1, 0.15) is 36.0 Å². The molecule has 0 bridgehead atoms. The minimum atomic E-state index is -0.0194. The number of unbranched alkanes of at least 4 members (excludes halogenated alkanes) is 1. The Morgan fingerprint density at radius 1 is 0.750 bits per heavy atom. The van der Waals surface area contributed by atoms with Crippen molar-refractivity contribution in [3.8, 4) is 62.8 Å². The van der Waals surface area contributed by atoms with Gasteiger partial charge in [0.1, 0.15) is 5.69 Å². The number of methoxy groups -OCH3 is 5. The SMILES string of the molecule is COc1ccc(-c2cc(-c3cc(OC)c(OC)c(OC)c3)on2)cc1OCCCCOc1cc2c(cc1OC)C(=O)N1CCC[C@H]1C=N2. The number of hydrogen-bond donors (Lipinski definition) is 0. The molecule has 2 aliphatic rings. The molecular formula is C36H39N3O9. The predicted molar refractivity (Wildman–Crippen MR) is 179 cm³/mol. The predicted octanol–water partition coefficient (Wildman–Crippen LogP) is 6.61. The lowest BCUT2D eigenvalue weighted by molar-refractivity contribution is 0.0774. The standard InChI is InChI=1S/C36H39N3O9/c1-41-28-11-10-22(26-19-29(48-38-26)23-16-33(43-3)35(45-5)34(17-23)44-4)15-31(28)46-13-6-7-14-47-32-20-27-25(18-30(32)42-2)36(40)39-12-8-9-24(39)21-37-27/h10-11,15-21,24H,6-9,12-14H2,1-5H3/t24-/m0/s1. The fraction of sp³-hybridized carbons (Fsp3) is 0.361. The number of rotatable bonds is 14. The molecule has 0 radical (unpaired) electrons. The van der Waals surface area contributed by atoms with Gasteiger partial charge in [0.15, 0.2) is 40.3 Å². The third kappa shape index (κ3) is 6.55. The summed E-state index contributed by atoms with van der Waals surface area (Å²) in [6.07, 6.45) is 5.23. The molecule has 0 aliphatic carbocycles. The first kappa shape index (κ1) is 32.5. The Bertz CT molecular complexity index is 1780. The van der Waals surface area contributed by atoms with Crippen molar-refractivity contribution in [3.05, 3.63) is 54.1 Å². The normalized spacial score (nSPS) is 15.0. The molecule has 3 aromatic carbocycles. The second kappa shape index (κ2) is 14.6. The molecule has 1 amide bonds. The lowest BCUT2D eigenvalue weighted by Crippen LogP contribution is -2.35. The first-order valence-corrected chi connectivity index (χ1v) is 15.8. The van der Waals surface area contributed by atoms with Crippen LogP contribution in [0.4, 0.5) is 5.69 Å². The van der Waals surface area contributed by atoms with E-state index in [0.29, 0.717) is 76.2 Å². The van der Waals surface area contributed by atoms with Crippen LogP contribution in [-0.4, -0.2) is 83.5 Å². The fourth-order valence-corrected chi connectivity index (χ4v) is 5.91. The summed E-state index contributed by atoms with van der Waals surface area (Å²) < 4.78 is 45.4. The molecule has 0 unspecified atom stereocenters. The number of benzene rings is 3. The number of nitrogens with zero attached hydrogens (tertiary/aromatic N) is 3. The van der Waals surface area contributed by atoms with E-state index in [1.807, 2.05) is 35.4 Å². The van der Waals surface area contributed by atoms with E-state index in [1.54, 1.807) is 59.8 Å². The number of carbonyl (C=O) groups is 1. The third-order valence-corrected chi connectivity index (χ3v) is 8.43. The van der Waals surface area contributed by atoms with Gasteiger partial charge in [0.05, 0.1) is 66.1 Å². The van der Waals surface area contributed by atoms with Crippen molar-refractivity contribution in [2.24, 2.45) is 4.99 Å². The van der Waals surface area contributed by atoms with E-state index in [9.17, 15) is 4.79 Å². The van der Waals surface area contributed by atoms with Crippen molar-refractivity contribution in [1.82, 2.24) is 10.1 Å². The van der Waals surface area contributed by atoms with Crippen LogP contribution >= 0.6 is 0 Å².